The molecule has 1 rings (SSSR count). The number of hydrogen-bond acceptors (Lipinski definition) is 3. The van der Waals surface area contributed by atoms with Gasteiger partial charge in [-0.05, 0) is 19.9 Å². The van der Waals surface area contributed by atoms with E-state index in [9.17, 15) is 8.42 Å². The van der Waals surface area contributed by atoms with Crippen molar-refractivity contribution in [2.45, 2.75) is 18.7 Å². The van der Waals surface area contributed by atoms with E-state index in [0.29, 0.717) is 4.88 Å². The third-order valence-electron chi connectivity index (χ3n) is 1.27. The van der Waals surface area contributed by atoms with E-state index >= 15 is 0 Å². The van der Waals surface area contributed by atoms with Crippen molar-refractivity contribution in [3.8, 4) is 0 Å². The van der Waals surface area contributed by atoms with Crippen molar-refractivity contribution in [2.24, 2.45) is 0 Å². The molecule has 12 heavy (non-hydrogen) atoms. The topological polar surface area (TPSA) is 54.4 Å². The summed E-state index contributed by atoms with van der Waals surface area (Å²) >= 11 is 1.36. The van der Waals surface area contributed by atoms with Crippen molar-refractivity contribution >= 4 is 51.0 Å². The fourth-order valence-corrected chi connectivity index (χ4v) is 2.89. The minimum absolute atomic E-state index is 0. The van der Waals surface area contributed by atoms with Gasteiger partial charge in [-0.1, -0.05) is 0 Å². The number of hydrogen-bond donors (Lipinski definition) is 1. The van der Waals surface area contributed by atoms with Crippen LogP contribution in [0.5, 0.6) is 0 Å². The van der Waals surface area contributed by atoms with Crippen LogP contribution in [-0.4, -0.2) is 42.5 Å². The van der Waals surface area contributed by atoms with Gasteiger partial charge in [0.2, 0.25) is 0 Å². The molecule has 1 aromatic heterocycles. The first-order chi connectivity index (χ1) is 4.91. The minimum atomic E-state index is -4.00. The fraction of sp³-hybridized carbons (Fsp3) is 0.333. The molecule has 1 heterocycles. The molecule has 0 radical (unpaired) electrons. The summed E-state index contributed by atoms with van der Waals surface area (Å²) in [5, 5.41) is 0. The molecule has 0 bridgehead atoms. The van der Waals surface area contributed by atoms with Crippen molar-refractivity contribution in [3.05, 3.63) is 15.8 Å². The Kier molecular flexibility index (Phi) is 4.43. The zero-order chi connectivity index (χ0) is 8.65. The van der Waals surface area contributed by atoms with Gasteiger partial charge in [-0.3, -0.25) is 4.55 Å². The molecular weight excluding hydrogens is 207 g/mol. The normalized spacial score (nSPS) is 10.9. The number of thiophene rings is 1. The third kappa shape index (κ3) is 2.83. The molecule has 0 aliphatic rings. The van der Waals surface area contributed by atoms with Crippen LogP contribution in [-0.2, 0) is 10.1 Å². The molecule has 64 valence electrons. The monoisotopic (exact) mass is 216 g/mol. The van der Waals surface area contributed by atoms with Crippen LogP contribution in [0.25, 0.3) is 0 Å². The van der Waals surface area contributed by atoms with E-state index < -0.39 is 10.1 Å². The van der Waals surface area contributed by atoms with E-state index in [1.54, 1.807) is 13.8 Å². The molecule has 6 heteroatoms. The SMILES string of the molecule is Cc1cc(S(=O)(=O)O)c(C)s1.[NaH]. The summed E-state index contributed by atoms with van der Waals surface area (Å²) in [6.45, 7) is 3.47. The molecule has 0 saturated carbocycles. The van der Waals surface area contributed by atoms with Gasteiger partial charge in [0, 0.05) is 9.75 Å². The Labute approximate surface area is 97.8 Å². The zero-order valence-corrected chi connectivity index (χ0v) is 7.79. The summed E-state index contributed by atoms with van der Waals surface area (Å²) in [6.07, 6.45) is 0. The van der Waals surface area contributed by atoms with Gasteiger partial charge in [0.25, 0.3) is 10.1 Å². The maximum absolute atomic E-state index is 10.6. The van der Waals surface area contributed by atoms with Crippen LogP contribution in [0.3, 0.4) is 0 Å². The van der Waals surface area contributed by atoms with E-state index in [-0.39, 0.29) is 34.5 Å². The Bertz CT molecular complexity index is 366. The fourth-order valence-electron chi connectivity index (χ4n) is 0.864. The zero-order valence-electron chi connectivity index (χ0n) is 6.16. The second kappa shape index (κ2) is 4.21. The van der Waals surface area contributed by atoms with Crippen LogP contribution in [0.1, 0.15) is 9.75 Å². The molecular formula is C6H9NaO3S2. The van der Waals surface area contributed by atoms with E-state index in [2.05, 4.69) is 0 Å². The Morgan fingerprint density at radius 2 is 1.92 bits per heavy atom. The first-order valence-corrected chi connectivity index (χ1v) is 5.21. The average Bonchev–Trinajstić information content (AvgIpc) is 2.08. The molecule has 0 aliphatic heterocycles. The predicted molar refractivity (Wildman–Crippen MR) is 50.8 cm³/mol. The summed E-state index contributed by atoms with van der Waals surface area (Å²) in [5.41, 5.74) is 0. The van der Waals surface area contributed by atoms with Gasteiger partial charge in [0.15, 0.2) is 0 Å². The van der Waals surface area contributed by atoms with E-state index in [4.69, 9.17) is 4.55 Å². The Morgan fingerprint density at radius 3 is 2.08 bits per heavy atom. The second-order valence-corrected chi connectivity index (χ2v) is 5.10. The summed E-state index contributed by atoms with van der Waals surface area (Å²) in [6, 6.07) is 1.47. The van der Waals surface area contributed by atoms with E-state index in [0.717, 1.165) is 4.88 Å². The molecule has 0 unspecified atom stereocenters. The summed E-state index contributed by atoms with van der Waals surface area (Å²) in [4.78, 5) is 1.54. The van der Waals surface area contributed by atoms with Crippen molar-refractivity contribution in [3.63, 3.8) is 0 Å². The molecule has 0 aliphatic carbocycles. The average molecular weight is 216 g/mol. The van der Waals surface area contributed by atoms with Crippen molar-refractivity contribution in [1.82, 2.24) is 0 Å². The van der Waals surface area contributed by atoms with Crippen LogP contribution < -0.4 is 0 Å². The molecule has 0 atom stereocenters. The Morgan fingerprint density at radius 1 is 1.42 bits per heavy atom. The molecule has 0 saturated heterocycles. The molecule has 0 spiro atoms. The van der Waals surface area contributed by atoms with Gasteiger partial charge in [0.05, 0.1) is 0 Å². The van der Waals surface area contributed by atoms with Gasteiger partial charge >= 0.3 is 29.6 Å². The van der Waals surface area contributed by atoms with E-state index in [1.165, 1.54) is 17.4 Å². The van der Waals surface area contributed by atoms with Crippen LogP contribution in [0.4, 0.5) is 0 Å². The molecule has 0 aromatic carbocycles. The van der Waals surface area contributed by atoms with Gasteiger partial charge in [-0.2, -0.15) is 8.42 Å². The molecule has 0 fully saturated rings. The maximum atomic E-state index is 10.6. The first-order valence-electron chi connectivity index (χ1n) is 2.96. The quantitative estimate of drug-likeness (QED) is 0.562. The first kappa shape index (κ1) is 12.6. The summed E-state index contributed by atoms with van der Waals surface area (Å²) in [7, 11) is -4.00. The van der Waals surface area contributed by atoms with Crippen molar-refractivity contribution in [2.75, 3.05) is 0 Å². The van der Waals surface area contributed by atoms with Gasteiger partial charge in [-0.15, -0.1) is 11.3 Å². The van der Waals surface area contributed by atoms with Gasteiger partial charge in [-0.25, -0.2) is 0 Å². The van der Waals surface area contributed by atoms with Crippen molar-refractivity contribution in [1.29, 1.82) is 0 Å². The third-order valence-corrected chi connectivity index (χ3v) is 3.35. The number of rotatable bonds is 1. The van der Waals surface area contributed by atoms with Gasteiger partial charge < -0.3 is 0 Å². The molecule has 1 N–H and O–H groups in total. The van der Waals surface area contributed by atoms with Crippen molar-refractivity contribution < 1.29 is 13.0 Å². The van der Waals surface area contributed by atoms with E-state index in [1.807, 2.05) is 0 Å². The second-order valence-electron chi connectivity index (χ2n) is 2.25. The molecule has 3 nitrogen and oxygen atoms in total. The van der Waals surface area contributed by atoms with Crippen LogP contribution in [0, 0.1) is 13.8 Å². The summed E-state index contributed by atoms with van der Waals surface area (Å²) in [5.74, 6) is 0. The Balaban J connectivity index is 0.00000121. The standard InChI is InChI=1S/C6H8O3S2.Na.H/c1-4-3-6(5(2)10-4)11(7,8)9;;/h3H,1-2H3,(H,7,8,9);;. The molecule has 0 amide bonds. The summed E-state index contributed by atoms with van der Waals surface area (Å²) < 4.78 is 29.9. The van der Waals surface area contributed by atoms with Gasteiger partial charge in [0.1, 0.15) is 4.90 Å². The van der Waals surface area contributed by atoms with Crippen LogP contribution in [0.2, 0.25) is 0 Å². The number of aryl methyl sites for hydroxylation is 2. The van der Waals surface area contributed by atoms with Crippen LogP contribution >= 0.6 is 11.3 Å². The molecule has 1 aromatic rings. The van der Waals surface area contributed by atoms with Crippen LogP contribution in [0.15, 0.2) is 11.0 Å². The Hall–Kier alpha value is 0.610. The predicted octanol–water partition coefficient (Wildman–Crippen LogP) is 0.963.